The number of carbonyl (C=O) groups is 2. The molecule has 6 nitrogen and oxygen atoms in total. The van der Waals surface area contributed by atoms with Crippen molar-refractivity contribution in [2.75, 3.05) is 52.9 Å². The summed E-state index contributed by atoms with van der Waals surface area (Å²) in [5.74, 6) is 0.328. The van der Waals surface area contributed by atoms with Crippen molar-refractivity contribution in [1.29, 1.82) is 0 Å². The molecule has 1 spiro atoms. The van der Waals surface area contributed by atoms with E-state index in [2.05, 4.69) is 24.1 Å². The first-order chi connectivity index (χ1) is 13.0. The third-order valence-electron chi connectivity index (χ3n) is 6.31. The minimum atomic E-state index is -0.192. The number of benzene rings is 1. The Morgan fingerprint density at radius 2 is 1.93 bits per heavy atom. The highest BCUT2D eigenvalue weighted by Gasteiger charge is 2.41. The summed E-state index contributed by atoms with van der Waals surface area (Å²) in [6, 6.07) is 10.1. The lowest BCUT2D eigenvalue weighted by Crippen LogP contribution is -2.58. The van der Waals surface area contributed by atoms with Crippen LogP contribution in [0.3, 0.4) is 0 Å². The predicted octanol–water partition coefficient (Wildman–Crippen LogP) is 1.33. The van der Waals surface area contributed by atoms with Crippen molar-refractivity contribution in [2.45, 2.75) is 30.8 Å². The molecule has 0 bridgehead atoms. The molecular formula is C21H29N3O3. The van der Waals surface area contributed by atoms with Gasteiger partial charge in [0.1, 0.15) is 0 Å². The first-order valence-corrected chi connectivity index (χ1v) is 9.98. The van der Waals surface area contributed by atoms with E-state index in [1.165, 1.54) is 5.56 Å². The smallest absolute Gasteiger partial charge is 0.242 e. The van der Waals surface area contributed by atoms with Gasteiger partial charge in [-0.1, -0.05) is 30.3 Å². The van der Waals surface area contributed by atoms with E-state index in [4.69, 9.17) is 4.74 Å². The van der Waals surface area contributed by atoms with Gasteiger partial charge in [-0.25, -0.2) is 0 Å². The molecule has 2 amide bonds. The summed E-state index contributed by atoms with van der Waals surface area (Å²) in [6.45, 7) is 4.71. The van der Waals surface area contributed by atoms with Crippen LogP contribution in [0.2, 0.25) is 0 Å². The normalized spacial score (nSPS) is 26.0. The Balaban J connectivity index is 1.35. The number of hydrogen-bond acceptors (Lipinski definition) is 4. The molecule has 27 heavy (non-hydrogen) atoms. The molecule has 1 aromatic carbocycles. The maximum atomic E-state index is 12.9. The second-order valence-corrected chi connectivity index (χ2v) is 8.24. The molecule has 146 valence electrons. The van der Waals surface area contributed by atoms with Gasteiger partial charge in [0, 0.05) is 45.1 Å². The molecule has 0 radical (unpaired) electrons. The average Bonchev–Trinajstić information content (AvgIpc) is 3.06. The predicted molar refractivity (Wildman–Crippen MR) is 102 cm³/mol. The van der Waals surface area contributed by atoms with E-state index in [9.17, 15) is 9.59 Å². The van der Waals surface area contributed by atoms with Crippen LogP contribution in [-0.2, 0) is 14.3 Å². The number of hydrogen-bond donors (Lipinski definition) is 0. The third kappa shape index (κ3) is 4.01. The van der Waals surface area contributed by atoms with Gasteiger partial charge < -0.3 is 19.4 Å². The van der Waals surface area contributed by atoms with Crippen molar-refractivity contribution in [3.63, 3.8) is 0 Å². The zero-order valence-corrected chi connectivity index (χ0v) is 16.1. The molecule has 0 saturated carbocycles. The fraction of sp³-hybridized carbons (Fsp3) is 0.619. The molecule has 1 atom stereocenters. The molecule has 1 aromatic rings. The third-order valence-corrected chi connectivity index (χ3v) is 6.31. The molecule has 3 saturated heterocycles. The van der Waals surface area contributed by atoms with Crippen molar-refractivity contribution in [3.05, 3.63) is 35.9 Å². The van der Waals surface area contributed by atoms with E-state index in [0.29, 0.717) is 32.7 Å². The van der Waals surface area contributed by atoms with Crippen LogP contribution in [0.25, 0.3) is 0 Å². The van der Waals surface area contributed by atoms with Gasteiger partial charge in [0.2, 0.25) is 11.8 Å². The summed E-state index contributed by atoms with van der Waals surface area (Å²) in [5, 5.41) is 0. The van der Waals surface area contributed by atoms with E-state index in [1.807, 2.05) is 23.1 Å². The van der Waals surface area contributed by atoms with Gasteiger partial charge in [0.15, 0.2) is 0 Å². The number of carbonyl (C=O) groups excluding carboxylic acids is 2. The number of ether oxygens (including phenoxy) is 1. The summed E-state index contributed by atoms with van der Waals surface area (Å²) in [6.07, 6.45) is 2.43. The van der Waals surface area contributed by atoms with E-state index in [0.717, 1.165) is 25.9 Å². The molecule has 3 heterocycles. The largest absolute Gasteiger partial charge is 0.371 e. The molecule has 4 rings (SSSR count). The lowest BCUT2D eigenvalue weighted by Gasteiger charge is -2.46. The fourth-order valence-corrected chi connectivity index (χ4v) is 4.52. The van der Waals surface area contributed by atoms with Crippen molar-refractivity contribution in [1.82, 2.24) is 14.7 Å². The Morgan fingerprint density at radius 3 is 2.67 bits per heavy atom. The molecule has 0 aromatic heterocycles. The number of rotatable bonds is 3. The van der Waals surface area contributed by atoms with Gasteiger partial charge in [-0.3, -0.25) is 9.59 Å². The van der Waals surface area contributed by atoms with Crippen LogP contribution in [0.15, 0.2) is 30.3 Å². The van der Waals surface area contributed by atoms with Crippen molar-refractivity contribution >= 4 is 11.8 Å². The maximum absolute atomic E-state index is 12.9. The van der Waals surface area contributed by atoms with Crippen LogP contribution in [0, 0.1) is 0 Å². The Morgan fingerprint density at radius 1 is 1.19 bits per heavy atom. The van der Waals surface area contributed by atoms with E-state index in [-0.39, 0.29) is 29.9 Å². The SMILES string of the molecule is CN1CCC2(CC1)CN(C(=O)CN1CC(c3ccccc3)CC1=O)CCO2. The van der Waals surface area contributed by atoms with Crippen LogP contribution < -0.4 is 0 Å². The van der Waals surface area contributed by atoms with Crippen molar-refractivity contribution < 1.29 is 14.3 Å². The van der Waals surface area contributed by atoms with Crippen molar-refractivity contribution in [3.8, 4) is 0 Å². The minimum absolute atomic E-state index is 0.0543. The van der Waals surface area contributed by atoms with Gasteiger partial charge in [-0.15, -0.1) is 0 Å². The first-order valence-electron chi connectivity index (χ1n) is 9.98. The van der Waals surface area contributed by atoms with Crippen LogP contribution in [0.1, 0.15) is 30.7 Å². The molecule has 0 N–H and O–H groups in total. The van der Waals surface area contributed by atoms with Gasteiger partial charge >= 0.3 is 0 Å². The van der Waals surface area contributed by atoms with Crippen molar-refractivity contribution in [2.24, 2.45) is 0 Å². The summed E-state index contributed by atoms with van der Waals surface area (Å²) >= 11 is 0. The molecule has 3 aliphatic heterocycles. The van der Waals surface area contributed by atoms with Crippen LogP contribution in [-0.4, -0.2) is 85.0 Å². The molecule has 0 aliphatic carbocycles. The molecule has 6 heteroatoms. The lowest BCUT2D eigenvalue weighted by atomic mass is 9.89. The quantitative estimate of drug-likeness (QED) is 0.804. The zero-order chi connectivity index (χ0) is 18.9. The van der Waals surface area contributed by atoms with E-state index in [1.54, 1.807) is 4.90 Å². The Hall–Kier alpha value is -1.92. The van der Waals surface area contributed by atoms with E-state index < -0.39 is 0 Å². The Kier molecular flexibility index (Phi) is 5.19. The summed E-state index contributed by atoms with van der Waals surface area (Å²) in [5.41, 5.74) is 0.986. The first kappa shape index (κ1) is 18.4. The monoisotopic (exact) mass is 371 g/mol. The zero-order valence-electron chi connectivity index (χ0n) is 16.1. The van der Waals surface area contributed by atoms with Crippen LogP contribution in [0.4, 0.5) is 0 Å². The Bertz CT molecular complexity index is 685. The highest BCUT2D eigenvalue weighted by molar-refractivity contribution is 5.86. The topological polar surface area (TPSA) is 53.1 Å². The second-order valence-electron chi connectivity index (χ2n) is 8.24. The molecular weight excluding hydrogens is 342 g/mol. The highest BCUT2D eigenvalue weighted by Crippen LogP contribution is 2.31. The lowest BCUT2D eigenvalue weighted by molar-refractivity contribution is -0.160. The van der Waals surface area contributed by atoms with E-state index >= 15 is 0 Å². The standard InChI is InChI=1S/C21H29N3O3/c1-22-9-7-21(8-10-22)16-23(11-12-27-21)20(26)15-24-14-18(13-19(24)25)17-5-3-2-4-6-17/h2-6,18H,7-16H2,1H3. The minimum Gasteiger partial charge on any atom is -0.371 e. The van der Waals surface area contributed by atoms with Crippen LogP contribution >= 0.6 is 0 Å². The number of morpholine rings is 1. The Labute approximate surface area is 161 Å². The van der Waals surface area contributed by atoms with Gasteiger partial charge in [0.05, 0.1) is 18.8 Å². The molecule has 3 aliphatic rings. The number of nitrogens with zero attached hydrogens (tertiary/aromatic N) is 3. The van der Waals surface area contributed by atoms with Gasteiger partial charge in [0.25, 0.3) is 0 Å². The summed E-state index contributed by atoms with van der Waals surface area (Å²) in [4.78, 5) is 31.3. The van der Waals surface area contributed by atoms with Gasteiger partial charge in [-0.2, -0.15) is 0 Å². The number of amides is 2. The number of piperidine rings is 1. The fourth-order valence-electron chi connectivity index (χ4n) is 4.52. The number of likely N-dealkylation sites (tertiary alicyclic amines) is 2. The molecule has 1 unspecified atom stereocenters. The maximum Gasteiger partial charge on any atom is 0.242 e. The summed E-state index contributed by atoms with van der Waals surface area (Å²) < 4.78 is 6.10. The molecule has 3 fully saturated rings. The second kappa shape index (κ2) is 7.60. The summed E-state index contributed by atoms with van der Waals surface area (Å²) in [7, 11) is 2.13. The average molecular weight is 371 g/mol. The highest BCUT2D eigenvalue weighted by atomic mass is 16.5. The van der Waals surface area contributed by atoms with Gasteiger partial charge in [-0.05, 0) is 25.5 Å². The van der Waals surface area contributed by atoms with Crippen LogP contribution in [0.5, 0.6) is 0 Å².